The van der Waals surface area contributed by atoms with Gasteiger partial charge in [0.25, 0.3) is 5.91 Å². The van der Waals surface area contributed by atoms with Crippen LogP contribution in [0.5, 0.6) is 0 Å². The first-order valence-corrected chi connectivity index (χ1v) is 6.47. The number of aryl methyl sites for hydroxylation is 2. The molecule has 0 aromatic carbocycles. The molecule has 0 bridgehead atoms. The highest BCUT2D eigenvalue weighted by atomic mass is 16.5. The molecule has 1 atom stereocenters. The van der Waals surface area contributed by atoms with E-state index in [-0.39, 0.29) is 11.6 Å². The highest BCUT2D eigenvalue weighted by Crippen LogP contribution is 2.14. The Morgan fingerprint density at radius 3 is 2.29 bits per heavy atom. The number of hydrogen-bond acceptors (Lipinski definition) is 6. The lowest BCUT2D eigenvalue weighted by molar-refractivity contribution is -0.127. The number of hydrogen-bond donors (Lipinski definition) is 2. The van der Waals surface area contributed by atoms with Gasteiger partial charge in [0.2, 0.25) is 0 Å². The number of carbonyl (C=O) groups excluding carboxylic acids is 3. The molecule has 1 unspecified atom stereocenters. The van der Waals surface area contributed by atoms with Crippen LogP contribution in [0.2, 0.25) is 0 Å². The predicted molar refractivity (Wildman–Crippen MR) is 72.7 cm³/mol. The van der Waals surface area contributed by atoms with Crippen molar-refractivity contribution in [2.45, 2.75) is 46.8 Å². The molecule has 0 aliphatic heterocycles. The van der Waals surface area contributed by atoms with E-state index in [2.05, 4.69) is 15.8 Å². The maximum atomic E-state index is 11.9. The number of aromatic nitrogens is 1. The van der Waals surface area contributed by atoms with Gasteiger partial charge >= 0.3 is 12.0 Å². The van der Waals surface area contributed by atoms with E-state index in [0.717, 1.165) is 0 Å². The van der Waals surface area contributed by atoms with Crippen molar-refractivity contribution in [2.24, 2.45) is 0 Å². The van der Waals surface area contributed by atoms with Crippen LogP contribution in [0.4, 0.5) is 4.79 Å². The van der Waals surface area contributed by atoms with Crippen molar-refractivity contribution in [2.75, 3.05) is 0 Å². The molecule has 21 heavy (non-hydrogen) atoms. The molecule has 0 spiro atoms. The summed E-state index contributed by atoms with van der Waals surface area (Å²) in [5.74, 6) is -1.13. The standard InChI is InChI=1S/C13H19N3O5/c1-6(2)14-13(19)15-11(17)9(5)20-12(18)10-7(3)16-21-8(10)4/h6,9H,1-5H3,(H2,14,15,17,19). The number of urea groups is 1. The average Bonchev–Trinajstić information content (AvgIpc) is 2.67. The first kappa shape index (κ1) is 16.7. The second-order valence-corrected chi connectivity index (χ2v) is 4.86. The van der Waals surface area contributed by atoms with Gasteiger partial charge in [-0.25, -0.2) is 9.59 Å². The maximum Gasteiger partial charge on any atom is 0.344 e. The summed E-state index contributed by atoms with van der Waals surface area (Å²) in [6.45, 7) is 8.04. The van der Waals surface area contributed by atoms with Crippen LogP contribution in [-0.2, 0) is 9.53 Å². The van der Waals surface area contributed by atoms with Crippen LogP contribution in [0.25, 0.3) is 0 Å². The Balaban J connectivity index is 2.60. The van der Waals surface area contributed by atoms with Gasteiger partial charge in [-0.1, -0.05) is 5.16 Å². The lowest BCUT2D eigenvalue weighted by Gasteiger charge is -2.14. The number of carbonyl (C=O) groups is 3. The second-order valence-electron chi connectivity index (χ2n) is 4.86. The minimum atomic E-state index is -1.12. The zero-order valence-electron chi connectivity index (χ0n) is 12.6. The van der Waals surface area contributed by atoms with Crippen molar-refractivity contribution in [1.29, 1.82) is 0 Å². The Labute approximate surface area is 122 Å². The Hall–Kier alpha value is -2.38. The Kier molecular flexibility index (Phi) is 5.45. The van der Waals surface area contributed by atoms with Crippen LogP contribution in [-0.4, -0.2) is 35.2 Å². The van der Waals surface area contributed by atoms with E-state index in [1.807, 2.05) is 0 Å². The Bertz CT molecular complexity index is 531. The van der Waals surface area contributed by atoms with Gasteiger partial charge in [0.05, 0.1) is 5.69 Å². The molecule has 8 nitrogen and oxygen atoms in total. The minimum absolute atomic E-state index is 0.113. The van der Waals surface area contributed by atoms with Gasteiger partial charge in [-0.05, 0) is 34.6 Å². The van der Waals surface area contributed by atoms with Crippen molar-refractivity contribution in [3.63, 3.8) is 0 Å². The molecule has 0 aliphatic carbocycles. The average molecular weight is 297 g/mol. The molecule has 0 saturated carbocycles. The Morgan fingerprint density at radius 2 is 1.81 bits per heavy atom. The van der Waals surface area contributed by atoms with E-state index < -0.39 is 24.0 Å². The van der Waals surface area contributed by atoms with Crippen LogP contribution < -0.4 is 10.6 Å². The van der Waals surface area contributed by atoms with Crippen LogP contribution in [0.3, 0.4) is 0 Å². The molecule has 1 aromatic heterocycles. The van der Waals surface area contributed by atoms with Crippen LogP contribution in [0.15, 0.2) is 4.52 Å². The number of esters is 1. The number of imide groups is 1. The summed E-state index contributed by atoms with van der Waals surface area (Å²) in [5, 5.41) is 8.21. The first-order valence-electron chi connectivity index (χ1n) is 6.47. The van der Waals surface area contributed by atoms with Gasteiger partial charge < -0.3 is 14.6 Å². The SMILES string of the molecule is Cc1noc(C)c1C(=O)OC(C)C(=O)NC(=O)NC(C)C. The molecule has 1 heterocycles. The zero-order valence-corrected chi connectivity index (χ0v) is 12.6. The zero-order chi connectivity index (χ0) is 16.2. The van der Waals surface area contributed by atoms with Gasteiger partial charge in [0.15, 0.2) is 6.10 Å². The lowest BCUT2D eigenvalue weighted by atomic mass is 10.2. The Morgan fingerprint density at radius 1 is 1.19 bits per heavy atom. The number of ether oxygens (including phenoxy) is 1. The molecule has 0 aliphatic rings. The predicted octanol–water partition coefficient (Wildman–Crippen LogP) is 1.07. The number of nitrogens with zero attached hydrogens (tertiary/aromatic N) is 1. The van der Waals surface area contributed by atoms with Crippen molar-refractivity contribution < 1.29 is 23.6 Å². The molecule has 116 valence electrons. The van der Waals surface area contributed by atoms with Crippen molar-refractivity contribution in [3.8, 4) is 0 Å². The molecule has 1 rings (SSSR count). The van der Waals surface area contributed by atoms with E-state index in [4.69, 9.17) is 9.26 Å². The van der Waals surface area contributed by atoms with E-state index in [9.17, 15) is 14.4 Å². The fourth-order valence-electron chi connectivity index (χ4n) is 1.56. The summed E-state index contributed by atoms with van der Waals surface area (Å²) in [7, 11) is 0. The fraction of sp³-hybridized carbons (Fsp3) is 0.538. The van der Waals surface area contributed by atoms with Gasteiger partial charge in [0.1, 0.15) is 11.3 Å². The number of amides is 3. The molecular formula is C13H19N3O5. The van der Waals surface area contributed by atoms with Gasteiger partial charge in [-0.15, -0.1) is 0 Å². The van der Waals surface area contributed by atoms with Crippen LogP contribution in [0, 0.1) is 13.8 Å². The van der Waals surface area contributed by atoms with Gasteiger partial charge in [0, 0.05) is 6.04 Å². The van der Waals surface area contributed by atoms with Crippen LogP contribution >= 0.6 is 0 Å². The molecule has 8 heteroatoms. The summed E-state index contributed by atoms with van der Waals surface area (Å²) in [6, 6.07) is -0.756. The molecule has 0 radical (unpaired) electrons. The second kappa shape index (κ2) is 6.87. The molecule has 0 fully saturated rings. The summed E-state index contributed by atoms with van der Waals surface area (Å²) < 4.78 is 9.84. The van der Waals surface area contributed by atoms with Gasteiger partial charge in [-0.2, -0.15) is 0 Å². The third-order valence-corrected chi connectivity index (χ3v) is 2.55. The number of rotatable bonds is 4. The number of nitrogens with one attached hydrogen (secondary N) is 2. The third-order valence-electron chi connectivity index (χ3n) is 2.55. The largest absolute Gasteiger partial charge is 0.449 e. The van der Waals surface area contributed by atoms with Crippen LogP contribution in [0.1, 0.15) is 42.6 Å². The smallest absolute Gasteiger partial charge is 0.344 e. The molecule has 2 N–H and O–H groups in total. The molecular weight excluding hydrogens is 278 g/mol. The van der Waals surface area contributed by atoms with E-state index >= 15 is 0 Å². The van der Waals surface area contributed by atoms with E-state index in [1.165, 1.54) is 6.92 Å². The first-order chi connectivity index (χ1) is 9.72. The van der Waals surface area contributed by atoms with Gasteiger partial charge in [-0.3, -0.25) is 10.1 Å². The van der Waals surface area contributed by atoms with Crippen molar-refractivity contribution in [3.05, 3.63) is 17.0 Å². The lowest BCUT2D eigenvalue weighted by Crippen LogP contribution is -2.46. The summed E-state index contributed by atoms with van der Waals surface area (Å²) in [6.07, 6.45) is -1.12. The molecule has 0 saturated heterocycles. The monoisotopic (exact) mass is 297 g/mol. The molecule has 1 aromatic rings. The third kappa shape index (κ3) is 4.59. The summed E-state index contributed by atoms with van der Waals surface area (Å²) in [4.78, 5) is 35.0. The van der Waals surface area contributed by atoms with Crippen molar-refractivity contribution >= 4 is 17.9 Å². The fourth-order valence-corrected chi connectivity index (χ4v) is 1.56. The highest BCUT2D eigenvalue weighted by Gasteiger charge is 2.25. The normalized spacial score (nSPS) is 11.9. The highest BCUT2D eigenvalue weighted by molar-refractivity contribution is 5.99. The quantitative estimate of drug-likeness (QED) is 0.804. The summed E-state index contributed by atoms with van der Waals surface area (Å²) >= 11 is 0. The molecule has 3 amide bonds. The topological polar surface area (TPSA) is 111 Å². The minimum Gasteiger partial charge on any atom is -0.449 e. The van der Waals surface area contributed by atoms with Crippen molar-refractivity contribution in [1.82, 2.24) is 15.8 Å². The maximum absolute atomic E-state index is 11.9. The summed E-state index contributed by atoms with van der Waals surface area (Å²) in [5.41, 5.74) is 0.559. The van der Waals surface area contributed by atoms with E-state index in [1.54, 1.807) is 27.7 Å². The van der Waals surface area contributed by atoms with E-state index in [0.29, 0.717) is 11.5 Å².